The lowest BCUT2D eigenvalue weighted by Gasteiger charge is -2.34. The molecule has 0 radical (unpaired) electrons. The van der Waals surface area contributed by atoms with Gasteiger partial charge in [0.15, 0.2) is 10.9 Å². The highest BCUT2D eigenvalue weighted by atomic mass is 32.1. The Labute approximate surface area is 171 Å². The fourth-order valence-electron chi connectivity index (χ4n) is 3.05. The summed E-state index contributed by atoms with van der Waals surface area (Å²) in [5.74, 6) is 0.697. The second-order valence-corrected chi connectivity index (χ2v) is 7.35. The van der Waals surface area contributed by atoms with E-state index in [1.807, 2.05) is 10.3 Å². The highest BCUT2D eigenvalue weighted by Crippen LogP contribution is 2.18. The van der Waals surface area contributed by atoms with Gasteiger partial charge in [0.25, 0.3) is 5.91 Å². The summed E-state index contributed by atoms with van der Waals surface area (Å²) in [4.78, 5) is 41.3. The third kappa shape index (κ3) is 4.77. The van der Waals surface area contributed by atoms with Crippen LogP contribution in [0.25, 0.3) is 0 Å². The van der Waals surface area contributed by atoms with Crippen molar-refractivity contribution >= 4 is 34.2 Å². The Balaban J connectivity index is 1.23. The van der Waals surface area contributed by atoms with E-state index in [-0.39, 0.29) is 17.6 Å². The van der Waals surface area contributed by atoms with E-state index < -0.39 is 0 Å². The van der Waals surface area contributed by atoms with E-state index in [1.54, 1.807) is 30.6 Å². The van der Waals surface area contributed by atoms with Gasteiger partial charge in [-0.05, 0) is 24.6 Å². The number of aromatic nitrogens is 3. The number of nitrogens with one attached hydrogen (secondary N) is 1. The largest absolute Gasteiger partial charge is 0.459 e. The number of carbonyl (C=O) groups is 2. The first-order chi connectivity index (χ1) is 14.2. The van der Waals surface area contributed by atoms with Crippen LogP contribution in [0.1, 0.15) is 22.7 Å². The number of nitrogens with zero attached hydrogens (tertiary/aromatic N) is 5. The lowest BCUT2D eigenvalue weighted by molar-refractivity contribution is -0.131. The van der Waals surface area contributed by atoms with Crippen molar-refractivity contribution in [2.75, 3.05) is 36.4 Å². The molecule has 0 unspecified atom stereocenters. The normalized spacial score (nSPS) is 14.1. The van der Waals surface area contributed by atoms with Crippen LogP contribution >= 0.6 is 11.3 Å². The minimum Gasteiger partial charge on any atom is -0.459 e. The van der Waals surface area contributed by atoms with Gasteiger partial charge in [0.05, 0.1) is 12.0 Å². The lowest BCUT2D eigenvalue weighted by atomic mass is 10.2. The topological polar surface area (TPSA) is 104 Å². The quantitative estimate of drug-likeness (QED) is 0.661. The van der Waals surface area contributed by atoms with E-state index in [0.29, 0.717) is 37.0 Å². The van der Waals surface area contributed by atoms with Gasteiger partial charge in [0, 0.05) is 50.4 Å². The van der Waals surface area contributed by atoms with Crippen molar-refractivity contribution in [2.24, 2.45) is 0 Å². The summed E-state index contributed by atoms with van der Waals surface area (Å²) in [6.07, 6.45) is 5.81. The van der Waals surface area contributed by atoms with E-state index in [0.717, 1.165) is 18.8 Å². The Morgan fingerprint density at radius 2 is 1.93 bits per heavy atom. The molecule has 0 bridgehead atoms. The zero-order chi connectivity index (χ0) is 20.1. The average Bonchev–Trinajstić information content (AvgIpc) is 3.45. The van der Waals surface area contributed by atoms with Gasteiger partial charge in [0.2, 0.25) is 11.9 Å². The number of amides is 2. The number of aryl methyl sites for hydroxylation is 1. The molecular weight excluding hydrogens is 392 g/mol. The van der Waals surface area contributed by atoms with Crippen LogP contribution in [0.3, 0.4) is 0 Å². The fourth-order valence-corrected chi connectivity index (χ4v) is 3.79. The maximum absolute atomic E-state index is 12.5. The summed E-state index contributed by atoms with van der Waals surface area (Å²) in [5.41, 5.74) is 0.786. The minimum absolute atomic E-state index is 0.104. The third-order valence-corrected chi connectivity index (χ3v) is 5.39. The van der Waals surface area contributed by atoms with Gasteiger partial charge < -0.3 is 14.2 Å². The second-order valence-electron chi connectivity index (χ2n) is 6.49. The number of thiazole rings is 1. The maximum Gasteiger partial charge on any atom is 0.293 e. The molecule has 150 valence electrons. The maximum atomic E-state index is 12.5. The second kappa shape index (κ2) is 8.82. The molecule has 9 nitrogen and oxygen atoms in total. The van der Waals surface area contributed by atoms with E-state index in [2.05, 4.69) is 25.2 Å². The summed E-state index contributed by atoms with van der Waals surface area (Å²) in [6.45, 7) is 2.74. The van der Waals surface area contributed by atoms with Gasteiger partial charge >= 0.3 is 0 Å². The van der Waals surface area contributed by atoms with Crippen LogP contribution in [0.15, 0.2) is 46.7 Å². The van der Waals surface area contributed by atoms with Crippen LogP contribution in [-0.4, -0.2) is 57.8 Å². The molecule has 0 atom stereocenters. The summed E-state index contributed by atoms with van der Waals surface area (Å²) >= 11 is 1.33. The standard InChI is InChI=1S/C19H20N6O3S/c26-16(24-8-10-25(11-9-24)18-20-6-2-7-21-18)5-4-14-13-29-19(22-14)23-17(27)15-3-1-12-28-15/h1-3,6-7,12-13H,4-5,8-11H2,(H,22,23,27). The first-order valence-corrected chi connectivity index (χ1v) is 10.2. The van der Waals surface area contributed by atoms with E-state index in [9.17, 15) is 9.59 Å². The molecule has 4 rings (SSSR count). The highest BCUT2D eigenvalue weighted by Gasteiger charge is 2.22. The van der Waals surface area contributed by atoms with E-state index in [4.69, 9.17) is 4.42 Å². The zero-order valence-electron chi connectivity index (χ0n) is 15.7. The predicted octanol–water partition coefficient (Wildman–Crippen LogP) is 2.06. The van der Waals surface area contributed by atoms with Crippen molar-refractivity contribution in [1.29, 1.82) is 0 Å². The molecular formula is C19H20N6O3S. The van der Waals surface area contributed by atoms with Crippen molar-refractivity contribution in [1.82, 2.24) is 19.9 Å². The zero-order valence-corrected chi connectivity index (χ0v) is 16.5. The van der Waals surface area contributed by atoms with Crippen molar-refractivity contribution in [2.45, 2.75) is 12.8 Å². The summed E-state index contributed by atoms with van der Waals surface area (Å²) in [7, 11) is 0. The van der Waals surface area contributed by atoms with E-state index >= 15 is 0 Å². The number of piperazine rings is 1. The SMILES string of the molecule is O=C(Nc1nc(CCC(=O)N2CCN(c3ncccn3)CC2)cs1)c1ccco1. The van der Waals surface area contributed by atoms with Crippen molar-refractivity contribution in [3.63, 3.8) is 0 Å². The van der Waals surface area contributed by atoms with Gasteiger partial charge in [-0.25, -0.2) is 15.0 Å². The van der Waals surface area contributed by atoms with Crippen LogP contribution in [-0.2, 0) is 11.2 Å². The minimum atomic E-state index is -0.341. The highest BCUT2D eigenvalue weighted by molar-refractivity contribution is 7.13. The van der Waals surface area contributed by atoms with Crippen LogP contribution < -0.4 is 10.2 Å². The number of hydrogen-bond donors (Lipinski definition) is 1. The molecule has 1 saturated heterocycles. The molecule has 1 N–H and O–H groups in total. The molecule has 0 aliphatic carbocycles. The van der Waals surface area contributed by atoms with Crippen molar-refractivity contribution in [3.8, 4) is 0 Å². The van der Waals surface area contributed by atoms with Crippen LogP contribution in [0.4, 0.5) is 11.1 Å². The number of furan rings is 1. The number of carbonyl (C=O) groups excluding carboxylic acids is 2. The van der Waals surface area contributed by atoms with Gasteiger partial charge in [-0.15, -0.1) is 11.3 Å². The molecule has 1 aliphatic rings. The molecule has 3 aromatic heterocycles. The Morgan fingerprint density at radius 1 is 1.14 bits per heavy atom. The Kier molecular flexibility index (Phi) is 5.80. The smallest absolute Gasteiger partial charge is 0.293 e. The number of hydrogen-bond acceptors (Lipinski definition) is 8. The van der Waals surface area contributed by atoms with Crippen LogP contribution in [0.5, 0.6) is 0 Å². The Morgan fingerprint density at radius 3 is 2.66 bits per heavy atom. The van der Waals surface area contributed by atoms with Gasteiger partial charge in [-0.2, -0.15) is 0 Å². The van der Waals surface area contributed by atoms with Crippen molar-refractivity contribution in [3.05, 3.63) is 53.7 Å². The first kappa shape index (κ1) is 19.1. The monoisotopic (exact) mass is 412 g/mol. The van der Waals surface area contributed by atoms with Crippen LogP contribution in [0.2, 0.25) is 0 Å². The summed E-state index contributed by atoms with van der Waals surface area (Å²) in [6, 6.07) is 5.03. The van der Waals surface area contributed by atoms with Gasteiger partial charge in [0.1, 0.15) is 0 Å². The van der Waals surface area contributed by atoms with Crippen molar-refractivity contribution < 1.29 is 14.0 Å². The Bertz CT molecular complexity index is 952. The molecule has 10 heteroatoms. The molecule has 4 heterocycles. The predicted molar refractivity (Wildman–Crippen MR) is 108 cm³/mol. The summed E-state index contributed by atoms with van der Waals surface area (Å²) in [5, 5.41) is 5.05. The molecule has 0 saturated carbocycles. The summed E-state index contributed by atoms with van der Waals surface area (Å²) < 4.78 is 5.06. The Hall–Kier alpha value is -3.27. The molecule has 0 spiro atoms. The van der Waals surface area contributed by atoms with E-state index in [1.165, 1.54) is 17.6 Å². The molecule has 29 heavy (non-hydrogen) atoms. The molecule has 2 amide bonds. The van der Waals surface area contributed by atoms with Gasteiger partial charge in [-0.1, -0.05) is 0 Å². The first-order valence-electron chi connectivity index (χ1n) is 9.28. The molecule has 3 aromatic rings. The fraction of sp³-hybridized carbons (Fsp3) is 0.316. The van der Waals surface area contributed by atoms with Crippen LogP contribution in [0, 0.1) is 0 Å². The average molecular weight is 412 g/mol. The lowest BCUT2D eigenvalue weighted by Crippen LogP contribution is -2.49. The van der Waals surface area contributed by atoms with Gasteiger partial charge in [-0.3, -0.25) is 14.9 Å². The molecule has 0 aromatic carbocycles. The number of rotatable bonds is 6. The third-order valence-electron chi connectivity index (χ3n) is 4.58. The molecule has 1 aliphatic heterocycles. The number of anilines is 2. The molecule has 1 fully saturated rings.